The van der Waals surface area contributed by atoms with Gasteiger partial charge in [-0.15, -0.1) is 22.7 Å². The highest BCUT2D eigenvalue weighted by atomic mass is 32.1. The third-order valence-corrected chi connectivity index (χ3v) is 8.13. The van der Waals surface area contributed by atoms with Crippen molar-refractivity contribution in [3.8, 4) is 5.88 Å². The van der Waals surface area contributed by atoms with Gasteiger partial charge in [-0.05, 0) is 29.3 Å². The van der Waals surface area contributed by atoms with Crippen LogP contribution in [-0.2, 0) is 17.9 Å². The highest BCUT2D eigenvalue weighted by Gasteiger charge is 2.14. The van der Waals surface area contributed by atoms with Gasteiger partial charge in [0.1, 0.15) is 12.1 Å². The lowest BCUT2D eigenvalue weighted by Crippen LogP contribution is -2.23. The summed E-state index contributed by atoms with van der Waals surface area (Å²) in [4.78, 5) is 34.2. The number of benzene rings is 1. The quantitative estimate of drug-likeness (QED) is 0.149. The van der Waals surface area contributed by atoms with Crippen molar-refractivity contribution in [3.05, 3.63) is 75.8 Å². The lowest BCUT2D eigenvalue weighted by atomic mass is 10.1. The average Bonchev–Trinajstić information content (AvgIpc) is 3.65. The molecule has 39 heavy (non-hydrogen) atoms. The topological polar surface area (TPSA) is 147 Å². The first kappa shape index (κ1) is 26.1. The molecule has 0 atom stereocenters. The number of amides is 1. The van der Waals surface area contributed by atoms with Crippen molar-refractivity contribution in [3.63, 3.8) is 0 Å². The van der Waals surface area contributed by atoms with Crippen molar-refractivity contribution in [2.45, 2.75) is 13.2 Å². The Hall–Kier alpha value is -4.51. The number of ether oxygens (including phenoxy) is 1. The molecular weight excluding hydrogens is 536 g/mol. The molecule has 0 saturated carbocycles. The van der Waals surface area contributed by atoms with Gasteiger partial charge in [-0.3, -0.25) is 4.79 Å². The zero-order valence-electron chi connectivity index (χ0n) is 20.8. The normalized spacial score (nSPS) is 11.6. The van der Waals surface area contributed by atoms with Gasteiger partial charge < -0.3 is 30.8 Å². The monoisotopic (exact) mass is 560 g/mol. The molecule has 5 rings (SSSR count). The van der Waals surface area contributed by atoms with E-state index in [1.807, 2.05) is 42.3 Å². The Labute approximate surface area is 231 Å². The second-order valence-corrected chi connectivity index (χ2v) is 10.7. The molecule has 4 aromatic heterocycles. The van der Waals surface area contributed by atoms with E-state index in [2.05, 4.69) is 36.2 Å². The number of anilines is 2. The van der Waals surface area contributed by atoms with E-state index >= 15 is 0 Å². The Kier molecular flexibility index (Phi) is 7.69. The van der Waals surface area contributed by atoms with Crippen molar-refractivity contribution < 1.29 is 14.6 Å². The van der Waals surface area contributed by atoms with Crippen molar-refractivity contribution in [2.24, 2.45) is 0 Å². The molecule has 0 unspecified atom stereocenters. The van der Waals surface area contributed by atoms with E-state index in [-0.39, 0.29) is 31.4 Å². The fourth-order valence-corrected chi connectivity index (χ4v) is 6.07. The van der Waals surface area contributed by atoms with Gasteiger partial charge in [0.05, 0.1) is 24.5 Å². The molecule has 5 N–H and O–H groups in total. The summed E-state index contributed by atoms with van der Waals surface area (Å²) in [6.07, 6.45) is 3.12. The van der Waals surface area contributed by atoms with E-state index < -0.39 is 5.91 Å². The maximum atomic E-state index is 12.7. The number of aliphatic hydroxyl groups is 1. The summed E-state index contributed by atoms with van der Waals surface area (Å²) in [6.45, 7) is 8.69. The molecule has 11 nitrogen and oxygen atoms in total. The first-order valence-corrected chi connectivity index (χ1v) is 13.5. The number of thiophene rings is 2. The van der Waals surface area contributed by atoms with E-state index in [1.165, 1.54) is 17.7 Å². The summed E-state index contributed by atoms with van der Waals surface area (Å²) in [7, 11) is 1.93. The number of carbonyl (C=O) groups excluding carboxylic acids is 1. The SMILES string of the molecule is [C-]#[N+]/C(=C\c1cc2sc(N(C)CCO)cc2s1)C(=O)NCc1ccc(COc2nc(N)nc3nc[nH]c23)cc1. The minimum absolute atomic E-state index is 0.0285. The van der Waals surface area contributed by atoms with Crippen molar-refractivity contribution in [1.82, 2.24) is 25.3 Å². The number of aromatic nitrogens is 4. The standard InChI is InChI=1S/C26H24N8O3S2/c1-28-18(9-17-10-19-20(38-17)11-21(39-19)34(2)7-8-35)24(36)29-12-15-3-5-16(6-4-15)13-37-25-22-23(31-14-30-22)32-26(27)33-25/h3-6,9-11,14,35H,7-8,12-13H2,2H3,(H,29,36)(H3,27,30,31,32,33)/b18-9-. The van der Waals surface area contributed by atoms with Gasteiger partial charge in [0, 0.05) is 34.4 Å². The Bertz CT molecular complexity index is 1670. The van der Waals surface area contributed by atoms with Gasteiger partial charge in [0.15, 0.2) is 5.65 Å². The zero-order chi connectivity index (χ0) is 27.4. The lowest BCUT2D eigenvalue weighted by molar-refractivity contribution is -0.117. The fraction of sp³-hybridized carbons (Fsp3) is 0.192. The first-order chi connectivity index (χ1) is 18.9. The fourth-order valence-electron chi connectivity index (χ4n) is 3.75. The van der Waals surface area contributed by atoms with Gasteiger partial charge >= 0.3 is 0 Å². The second kappa shape index (κ2) is 11.5. The Morgan fingerprint density at radius 3 is 2.74 bits per heavy atom. The highest BCUT2D eigenvalue weighted by molar-refractivity contribution is 7.30. The number of aromatic amines is 1. The molecule has 1 amide bonds. The van der Waals surface area contributed by atoms with Crippen molar-refractivity contribution in [2.75, 3.05) is 30.8 Å². The molecule has 0 aliphatic carbocycles. The molecule has 0 spiro atoms. The van der Waals surface area contributed by atoms with Crippen LogP contribution >= 0.6 is 22.7 Å². The summed E-state index contributed by atoms with van der Waals surface area (Å²) >= 11 is 3.14. The molecule has 198 valence electrons. The molecule has 0 bridgehead atoms. The van der Waals surface area contributed by atoms with Gasteiger partial charge in [-0.2, -0.15) is 9.97 Å². The number of likely N-dealkylation sites (N-methyl/N-ethyl adjacent to an activating group) is 1. The summed E-state index contributed by atoms with van der Waals surface area (Å²) in [5, 5.41) is 13.0. The van der Waals surface area contributed by atoms with Crippen molar-refractivity contribution in [1.29, 1.82) is 0 Å². The number of aliphatic hydroxyl groups excluding tert-OH is 1. The largest absolute Gasteiger partial charge is 0.471 e. The third-order valence-electron chi connectivity index (χ3n) is 5.78. The zero-order valence-corrected chi connectivity index (χ0v) is 22.5. The first-order valence-electron chi connectivity index (χ1n) is 11.8. The molecule has 0 saturated heterocycles. The molecule has 1 aromatic carbocycles. The predicted octanol–water partition coefficient (Wildman–Crippen LogP) is 3.80. The molecule has 0 aliphatic heterocycles. The number of rotatable bonds is 10. The van der Waals surface area contributed by atoms with Crippen LogP contribution in [-0.4, -0.2) is 51.1 Å². The Balaban J connectivity index is 1.17. The number of hydrogen-bond donors (Lipinski definition) is 4. The van der Waals surface area contributed by atoms with Crippen LogP contribution < -0.4 is 20.7 Å². The van der Waals surface area contributed by atoms with E-state index in [0.717, 1.165) is 30.4 Å². The van der Waals surface area contributed by atoms with Gasteiger partial charge in [0.2, 0.25) is 11.8 Å². The number of hydrogen-bond acceptors (Lipinski definition) is 10. The van der Waals surface area contributed by atoms with Gasteiger partial charge in [-0.1, -0.05) is 24.3 Å². The van der Waals surface area contributed by atoms with Crippen LogP contribution in [0, 0.1) is 6.57 Å². The number of nitrogens with two attached hydrogens (primary N) is 1. The van der Waals surface area contributed by atoms with Crippen molar-refractivity contribution >= 4 is 66.2 Å². The van der Waals surface area contributed by atoms with E-state index in [1.54, 1.807) is 17.4 Å². The third kappa shape index (κ3) is 5.99. The van der Waals surface area contributed by atoms with E-state index in [0.29, 0.717) is 23.6 Å². The van der Waals surface area contributed by atoms with Crippen LogP contribution in [0.2, 0.25) is 0 Å². The molecular formula is C26H24N8O3S2. The lowest BCUT2D eigenvalue weighted by Gasteiger charge is -2.14. The number of nitrogens with zero attached hydrogens (tertiary/aromatic N) is 5. The van der Waals surface area contributed by atoms with Crippen LogP contribution in [0.4, 0.5) is 10.9 Å². The molecule has 4 heterocycles. The number of carbonyl (C=O) groups is 1. The van der Waals surface area contributed by atoms with Crippen LogP contribution in [0.3, 0.4) is 0 Å². The Morgan fingerprint density at radius 2 is 2.00 bits per heavy atom. The van der Waals surface area contributed by atoms with E-state index in [4.69, 9.17) is 22.1 Å². The summed E-state index contributed by atoms with van der Waals surface area (Å²) in [5.74, 6) is -0.0223. The van der Waals surface area contributed by atoms with Crippen LogP contribution in [0.1, 0.15) is 16.0 Å². The average molecular weight is 561 g/mol. The van der Waals surface area contributed by atoms with Gasteiger partial charge in [-0.25, -0.2) is 9.83 Å². The number of H-pyrrole nitrogens is 1. The highest BCUT2D eigenvalue weighted by Crippen LogP contribution is 2.38. The van der Waals surface area contributed by atoms with Crippen LogP contribution in [0.15, 0.2) is 48.4 Å². The number of imidazole rings is 1. The minimum Gasteiger partial charge on any atom is -0.471 e. The van der Waals surface area contributed by atoms with Gasteiger partial charge in [0.25, 0.3) is 11.6 Å². The molecule has 0 aliphatic rings. The molecule has 5 aromatic rings. The Morgan fingerprint density at radius 1 is 1.23 bits per heavy atom. The minimum atomic E-state index is -0.428. The number of nitrogen functional groups attached to an aromatic ring is 1. The molecule has 0 fully saturated rings. The smallest absolute Gasteiger partial charge is 0.251 e. The van der Waals surface area contributed by atoms with Crippen LogP contribution in [0.5, 0.6) is 5.88 Å². The second-order valence-electron chi connectivity index (χ2n) is 8.52. The maximum absolute atomic E-state index is 12.7. The molecule has 0 radical (unpaired) electrons. The molecule has 13 heteroatoms. The predicted molar refractivity (Wildman–Crippen MR) is 153 cm³/mol. The summed E-state index contributed by atoms with van der Waals surface area (Å²) in [6, 6.07) is 11.6. The number of fused-ring (bicyclic) bond motifs is 2. The maximum Gasteiger partial charge on any atom is 0.251 e. The van der Waals surface area contributed by atoms with Crippen LogP contribution in [0.25, 0.3) is 31.5 Å². The number of nitrogens with one attached hydrogen (secondary N) is 2. The summed E-state index contributed by atoms with van der Waals surface area (Å²) in [5.41, 5.74) is 8.55. The summed E-state index contributed by atoms with van der Waals surface area (Å²) < 4.78 is 7.97. The van der Waals surface area contributed by atoms with E-state index in [9.17, 15) is 4.79 Å².